The smallest absolute Gasteiger partial charge is 0.323 e. The summed E-state index contributed by atoms with van der Waals surface area (Å²) in [5, 5.41) is 9.69. The number of carbonyl (C=O) groups excluding carboxylic acids is 1. The van der Waals surface area contributed by atoms with Gasteiger partial charge in [-0.3, -0.25) is 19.5 Å². The molecule has 0 atom stereocenters. The van der Waals surface area contributed by atoms with Crippen LogP contribution in [0.25, 0.3) is 0 Å². The Balaban J connectivity index is 2.40. The number of carboxylic acids is 1. The summed E-state index contributed by atoms with van der Waals surface area (Å²) in [6, 6.07) is 7.74. The molecule has 0 radical (unpaired) electrons. The van der Waals surface area contributed by atoms with Crippen molar-refractivity contribution < 1.29 is 14.7 Å². The van der Waals surface area contributed by atoms with E-state index in [1.807, 2.05) is 0 Å². The number of rotatable bonds is 4. The van der Waals surface area contributed by atoms with Crippen LogP contribution in [0.15, 0.2) is 42.7 Å². The summed E-state index contributed by atoms with van der Waals surface area (Å²) in [5.74, 6) is -1.68. The van der Waals surface area contributed by atoms with E-state index in [9.17, 15) is 9.59 Å². The summed E-state index contributed by atoms with van der Waals surface area (Å²) >= 11 is 11.7. The molecule has 0 aliphatic heterocycles. The second kappa shape index (κ2) is 6.56. The Hall–Kier alpha value is -2.11. The lowest BCUT2D eigenvalue weighted by molar-refractivity contribution is -0.135. The number of pyridine rings is 1. The third kappa shape index (κ3) is 3.71. The first-order valence-electron chi connectivity index (χ1n) is 5.88. The predicted octanol–water partition coefficient (Wildman–Crippen LogP) is 3.12. The summed E-state index contributed by atoms with van der Waals surface area (Å²) in [6.07, 6.45) is 2.75. The average molecular weight is 325 g/mol. The molecule has 1 amide bonds. The molecule has 21 heavy (non-hydrogen) atoms. The number of benzene rings is 1. The molecule has 0 unspecified atom stereocenters. The van der Waals surface area contributed by atoms with Crippen LogP contribution >= 0.6 is 23.2 Å². The van der Waals surface area contributed by atoms with Gasteiger partial charge in [-0.05, 0) is 30.3 Å². The lowest BCUT2D eigenvalue weighted by atomic mass is 10.2. The van der Waals surface area contributed by atoms with Gasteiger partial charge in [-0.1, -0.05) is 23.2 Å². The Bertz CT molecular complexity index is 674. The zero-order valence-electron chi connectivity index (χ0n) is 10.7. The van der Waals surface area contributed by atoms with E-state index in [4.69, 9.17) is 28.3 Å². The van der Waals surface area contributed by atoms with Gasteiger partial charge >= 0.3 is 5.97 Å². The van der Waals surface area contributed by atoms with Crippen LogP contribution in [0.2, 0.25) is 10.0 Å². The third-order valence-corrected chi connectivity index (χ3v) is 3.26. The molecule has 0 fully saturated rings. The topological polar surface area (TPSA) is 70.5 Å². The van der Waals surface area contributed by atoms with Crippen LogP contribution in [0, 0.1) is 0 Å². The quantitative estimate of drug-likeness (QED) is 0.937. The molecule has 0 aliphatic carbocycles. The minimum absolute atomic E-state index is 0.135. The molecule has 1 heterocycles. The van der Waals surface area contributed by atoms with Crippen molar-refractivity contribution in [2.45, 2.75) is 0 Å². The maximum atomic E-state index is 12.5. The van der Waals surface area contributed by atoms with Crippen LogP contribution in [0.1, 0.15) is 10.4 Å². The number of nitrogens with zero attached hydrogens (tertiary/aromatic N) is 2. The van der Waals surface area contributed by atoms with Crippen LogP contribution in [0.3, 0.4) is 0 Å². The second-order valence-corrected chi connectivity index (χ2v) is 4.96. The fourth-order valence-electron chi connectivity index (χ4n) is 1.72. The van der Waals surface area contributed by atoms with Crippen molar-refractivity contribution in [2.24, 2.45) is 0 Å². The van der Waals surface area contributed by atoms with Gasteiger partial charge in [-0.15, -0.1) is 0 Å². The maximum absolute atomic E-state index is 12.5. The van der Waals surface area contributed by atoms with Crippen LogP contribution < -0.4 is 4.90 Å². The number of anilines is 1. The Morgan fingerprint density at radius 1 is 1.14 bits per heavy atom. The van der Waals surface area contributed by atoms with Crippen molar-refractivity contribution in [1.82, 2.24) is 4.98 Å². The largest absolute Gasteiger partial charge is 0.480 e. The monoisotopic (exact) mass is 324 g/mol. The van der Waals surface area contributed by atoms with Crippen molar-refractivity contribution in [2.75, 3.05) is 11.4 Å². The Morgan fingerprint density at radius 3 is 2.38 bits per heavy atom. The van der Waals surface area contributed by atoms with E-state index < -0.39 is 18.4 Å². The molecule has 108 valence electrons. The molecule has 5 nitrogen and oxygen atoms in total. The number of aliphatic carboxylic acids is 1. The average Bonchev–Trinajstić information content (AvgIpc) is 2.45. The lowest BCUT2D eigenvalue weighted by Gasteiger charge is -2.21. The standard InChI is InChI=1S/C14H10Cl2N2O3/c15-9-1-3-10(4-2-9)18(8-13(19)20)14(21)11-7-17-6-5-12(11)16/h1-7H,8H2,(H,19,20). The van der Waals surface area contributed by atoms with E-state index in [1.165, 1.54) is 18.5 Å². The number of halogens is 2. The van der Waals surface area contributed by atoms with Crippen LogP contribution in [-0.2, 0) is 4.79 Å². The number of amides is 1. The Kier molecular flexibility index (Phi) is 4.77. The summed E-state index contributed by atoms with van der Waals surface area (Å²) in [4.78, 5) is 28.4. The molecular formula is C14H10Cl2N2O3. The van der Waals surface area contributed by atoms with Gasteiger partial charge in [0, 0.05) is 23.1 Å². The fourth-order valence-corrected chi connectivity index (χ4v) is 2.03. The SMILES string of the molecule is O=C(O)CN(C(=O)c1cnccc1Cl)c1ccc(Cl)cc1. The zero-order valence-corrected chi connectivity index (χ0v) is 12.2. The second-order valence-electron chi connectivity index (χ2n) is 4.12. The van der Waals surface area contributed by atoms with Crippen molar-refractivity contribution in [3.05, 3.63) is 58.3 Å². The normalized spacial score (nSPS) is 10.2. The van der Waals surface area contributed by atoms with E-state index in [0.29, 0.717) is 10.7 Å². The van der Waals surface area contributed by atoms with Gasteiger partial charge in [-0.2, -0.15) is 0 Å². The van der Waals surface area contributed by atoms with Gasteiger partial charge in [0.1, 0.15) is 6.54 Å². The molecule has 0 saturated carbocycles. The van der Waals surface area contributed by atoms with E-state index in [-0.39, 0.29) is 10.6 Å². The first-order chi connectivity index (χ1) is 9.99. The van der Waals surface area contributed by atoms with Crippen LogP contribution in [0.4, 0.5) is 5.69 Å². The third-order valence-electron chi connectivity index (χ3n) is 2.68. The highest BCUT2D eigenvalue weighted by molar-refractivity contribution is 6.34. The van der Waals surface area contributed by atoms with E-state index in [2.05, 4.69) is 4.98 Å². The summed E-state index contributed by atoms with van der Waals surface area (Å²) in [7, 11) is 0. The van der Waals surface area contributed by atoms with E-state index in [1.54, 1.807) is 24.3 Å². The van der Waals surface area contributed by atoms with Gasteiger partial charge in [0.05, 0.1) is 10.6 Å². The van der Waals surface area contributed by atoms with Gasteiger partial charge in [0.25, 0.3) is 5.91 Å². The van der Waals surface area contributed by atoms with Crippen molar-refractivity contribution >= 4 is 40.8 Å². The number of aromatic nitrogens is 1. The molecule has 7 heteroatoms. The highest BCUT2D eigenvalue weighted by atomic mass is 35.5. The number of hydrogen-bond acceptors (Lipinski definition) is 3. The van der Waals surface area contributed by atoms with Gasteiger partial charge in [0.15, 0.2) is 0 Å². The summed E-state index contributed by atoms with van der Waals surface area (Å²) in [5.41, 5.74) is 0.544. The van der Waals surface area contributed by atoms with E-state index in [0.717, 1.165) is 4.90 Å². The highest BCUT2D eigenvalue weighted by Gasteiger charge is 2.22. The Labute approximate surface area is 130 Å². The maximum Gasteiger partial charge on any atom is 0.323 e. The van der Waals surface area contributed by atoms with Gasteiger partial charge in [-0.25, -0.2) is 0 Å². The molecule has 0 bridgehead atoms. The van der Waals surface area contributed by atoms with Gasteiger partial charge < -0.3 is 5.11 Å². The zero-order chi connectivity index (χ0) is 15.4. The summed E-state index contributed by atoms with van der Waals surface area (Å²) in [6.45, 7) is -0.494. The van der Waals surface area contributed by atoms with Crippen molar-refractivity contribution in [3.8, 4) is 0 Å². The minimum Gasteiger partial charge on any atom is -0.480 e. The molecular weight excluding hydrogens is 315 g/mol. The molecule has 2 rings (SSSR count). The molecule has 0 spiro atoms. The number of carboxylic acid groups (broad SMARTS) is 1. The predicted molar refractivity (Wildman–Crippen MR) is 80.0 cm³/mol. The first kappa shape index (κ1) is 15.3. The molecule has 0 aliphatic rings. The first-order valence-corrected chi connectivity index (χ1v) is 6.63. The van der Waals surface area contributed by atoms with Crippen LogP contribution in [0.5, 0.6) is 0 Å². The fraction of sp³-hybridized carbons (Fsp3) is 0.0714. The Morgan fingerprint density at radius 2 is 1.81 bits per heavy atom. The molecule has 1 N–H and O–H groups in total. The number of carbonyl (C=O) groups is 2. The molecule has 0 saturated heterocycles. The van der Waals surface area contributed by atoms with E-state index >= 15 is 0 Å². The molecule has 1 aromatic heterocycles. The van der Waals surface area contributed by atoms with Gasteiger partial charge in [0.2, 0.25) is 0 Å². The minimum atomic E-state index is -1.14. The lowest BCUT2D eigenvalue weighted by Crippen LogP contribution is -2.36. The molecule has 1 aromatic carbocycles. The summed E-state index contributed by atoms with van der Waals surface area (Å²) < 4.78 is 0. The highest BCUT2D eigenvalue weighted by Crippen LogP contribution is 2.22. The van der Waals surface area contributed by atoms with Crippen molar-refractivity contribution in [1.29, 1.82) is 0 Å². The number of hydrogen-bond donors (Lipinski definition) is 1. The molecule has 2 aromatic rings. The van der Waals surface area contributed by atoms with Crippen molar-refractivity contribution in [3.63, 3.8) is 0 Å². The van der Waals surface area contributed by atoms with Crippen LogP contribution in [-0.4, -0.2) is 28.5 Å².